The van der Waals surface area contributed by atoms with Crippen LogP contribution in [0.3, 0.4) is 0 Å². The average molecular weight is 1620 g/mol. The molecule has 0 saturated carbocycles. The Bertz CT molecular complexity index is 7560. The smallest absolute Gasteiger partial charge is 0.0778 e. The number of hydrogen-bond donors (Lipinski definition) is 0. The van der Waals surface area contributed by atoms with Crippen LogP contribution in [-0.4, -0.2) is 48.9 Å². The van der Waals surface area contributed by atoms with E-state index < -0.39 is 0 Å². The van der Waals surface area contributed by atoms with Crippen molar-refractivity contribution in [1.82, 2.24) is 13.7 Å². The molecule has 0 N–H and O–H groups in total. The van der Waals surface area contributed by atoms with Crippen molar-refractivity contribution in [2.24, 2.45) is 0 Å². The van der Waals surface area contributed by atoms with Gasteiger partial charge in [0.2, 0.25) is 0 Å². The summed E-state index contributed by atoms with van der Waals surface area (Å²) in [7, 11) is 10.6. The molecule has 5 heterocycles. The van der Waals surface area contributed by atoms with Crippen molar-refractivity contribution in [1.29, 1.82) is 0 Å². The van der Waals surface area contributed by atoms with Gasteiger partial charge in [-0.05, 0) is 194 Å². The van der Waals surface area contributed by atoms with Gasteiger partial charge in [-0.2, -0.15) is 0 Å². The van der Waals surface area contributed by atoms with E-state index >= 15 is 0 Å². The highest BCUT2D eigenvalue weighted by molar-refractivity contribution is 7.26. The third kappa shape index (κ3) is 15.5. The highest BCUT2D eigenvalue weighted by Crippen LogP contribution is 2.45. The molecule has 23 rings (SSSR count). The second kappa shape index (κ2) is 35.0. The van der Waals surface area contributed by atoms with Gasteiger partial charge in [0.25, 0.3) is 0 Å². The zero-order valence-corrected chi connectivity index (χ0v) is 70.8. The van der Waals surface area contributed by atoms with Crippen LogP contribution >= 0.6 is 22.7 Å². The van der Waals surface area contributed by atoms with Crippen LogP contribution in [0.2, 0.25) is 0 Å². The minimum Gasteiger partial charge on any atom is -0.345 e. The van der Waals surface area contributed by atoms with E-state index in [1.54, 1.807) is 0 Å². The normalized spacial score (nSPS) is 11.1. The van der Waals surface area contributed by atoms with Crippen molar-refractivity contribution >= 4 is 185 Å². The van der Waals surface area contributed by atoms with Gasteiger partial charge in [0.05, 0.1) is 44.5 Å². The summed E-state index contributed by atoms with van der Waals surface area (Å²) in [5, 5.41) is 13.0. The van der Waals surface area contributed by atoms with Crippen LogP contribution in [0.25, 0.3) is 123 Å². The van der Waals surface area contributed by atoms with Gasteiger partial charge in [0.15, 0.2) is 0 Å². The summed E-state index contributed by atoms with van der Waals surface area (Å²) < 4.78 is 12.5. The van der Waals surface area contributed by atoms with Gasteiger partial charge >= 0.3 is 0 Å². The molecule has 18 aromatic carbocycles. The Hall–Kier alpha value is -15.2. The Balaban J connectivity index is 0.000000101. The molecule has 0 spiro atoms. The lowest BCUT2D eigenvalue weighted by molar-refractivity contribution is 1.15. The molecule has 123 heavy (non-hydrogen) atoms. The van der Waals surface area contributed by atoms with E-state index in [4.69, 9.17) is 0 Å². The van der Waals surface area contributed by atoms with Crippen LogP contribution in [0, 0.1) is 0 Å². The third-order valence-corrected chi connectivity index (χ3v) is 25.7. The summed E-state index contributed by atoms with van der Waals surface area (Å²) in [6.07, 6.45) is 0. The Kier molecular flexibility index (Phi) is 22.1. The molecule has 0 bridgehead atoms. The quantitative estimate of drug-likeness (QED) is 0.115. The fourth-order valence-corrected chi connectivity index (χ4v) is 19.3. The number of hydrogen-bond acceptors (Lipinski definition) is 7. The van der Waals surface area contributed by atoms with Crippen LogP contribution < -0.4 is 24.5 Å². The van der Waals surface area contributed by atoms with Crippen molar-refractivity contribution in [2.45, 2.75) is 0 Å². The second-order valence-corrected chi connectivity index (χ2v) is 32.8. The first-order valence-electron chi connectivity index (χ1n) is 41.7. The van der Waals surface area contributed by atoms with E-state index in [-0.39, 0.29) is 0 Å². The summed E-state index contributed by atoms with van der Waals surface area (Å²) in [6, 6.07) is 161. The maximum atomic E-state index is 2.37. The predicted molar refractivity (Wildman–Crippen MR) is 534 cm³/mol. The fourth-order valence-electron chi connectivity index (χ4n) is 17.1. The van der Waals surface area contributed by atoms with Gasteiger partial charge in [-0.15, -0.1) is 22.7 Å². The first kappa shape index (κ1) is 77.7. The van der Waals surface area contributed by atoms with Crippen LogP contribution in [0.5, 0.6) is 0 Å². The van der Waals surface area contributed by atoms with E-state index in [0.29, 0.717) is 0 Å². The van der Waals surface area contributed by atoms with E-state index in [9.17, 15) is 0 Å². The molecule has 23 aromatic rings. The van der Waals surface area contributed by atoms with Gasteiger partial charge in [0.1, 0.15) is 0 Å². The average Bonchev–Trinajstić information content (AvgIpc) is 1.59. The summed E-state index contributed by atoms with van der Waals surface area (Å²) in [5.74, 6) is 0. The van der Waals surface area contributed by atoms with Gasteiger partial charge in [-0.1, -0.05) is 261 Å². The molecule has 0 amide bonds. The van der Waals surface area contributed by atoms with Crippen molar-refractivity contribution < 1.29 is 0 Å². The molecule has 0 atom stereocenters. The number of nitrogens with zero attached hydrogens (tertiary/aromatic N) is 8. The van der Waals surface area contributed by atoms with E-state index in [1.165, 1.54) is 180 Å². The topological polar surface area (TPSA) is 31.0 Å². The lowest BCUT2D eigenvalue weighted by Gasteiger charge is -2.22. The van der Waals surface area contributed by atoms with Gasteiger partial charge in [-0.25, -0.2) is 0 Å². The number of anilines is 10. The summed E-state index contributed by atoms with van der Waals surface area (Å²) >= 11 is 3.72. The molecule has 5 aromatic heterocycles. The van der Waals surface area contributed by atoms with Crippen LogP contribution in [0.1, 0.15) is 0 Å². The van der Waals surface area contributed by atoms with Gasteiger partial charge < -0.3 is 38.2 Å². The maximum absolute atomic E-state index is 2.37. The van der Waals surface area contributed by atoms with Crippen molar-refractivity contribution in [3.05, 3.63) is 455 Å². The fraction of sp³-hybridized carbons (Fsp3) is 0.0442. The molecular weight excluding hydrogens is 1530 g/mol. The molecule has 10 heteroatoms. The molecule has 8 nitrogen and oxygen atoms in total. The zero-order valence-electron chi connectivity index (χ0n) is 69.2. The van der Waals surface area contributed by atoms with Crippen molar-refractivity contribution in [3.8, 4) is 17.1 Å². The first-order chi connectivity index (χ1) is 60.7. The van der Waals surface area contributed by atoms with Gasteiger partial charge in [0, 0.05) is 170 Å². The van der Waals surface area contributed by atoms with Crippen LogP contribution in [-0.2, 0) is 0 Å². The van der Waals surface area contributed by atoms with Crippen LogP contribution in [0.4, 0.5) is 56.9 Å². The van der Waals surface area contributed by atoms with E-state index in [1.807, 2.05) is 40.9 Å². The molecule has 0 saturated heterocycles. The first-order valence-corrected chi connectivity index (χ1v) is 43.3. The number of benzene rings is 18. The molecule has 0 aliphatic carbocycles. The molecule has 594 valence electrons. The Morgan fingerprint density at radius 2 is 0.472 bits per heavy atom. The van der Waals surface area contributed by atoms with E-state index in [2.05, 4.69) is 510 Å². The number of para-hydroxylation sites is 12. The molecule has 0 fully saturated rings. The predicted octanol–water partition coefficient (Wildman–Crippen LogP) is 31.3. The molecule has 0 aliphatic heterocycles. The molecule has 0 radical (unpaired) electrons. The van der Waals surface area contributed by atoms with Crippen molar-refractivity contribution in [2.75, 3.05) is 59.7 Å². The second-order valence-electron chi connectivity index (χ2n) is 30.6. The number of aromatic nitrogens is 3. The number of fused-ring (bicyclic) bond motifs is 15. The van der Waals surface area contributed by atoms with E-state index in [0.717, 1.165) is 0 Å². The zero-order chi connectivity index (χ0) is 83.1. The largest absolute Gasteiger partial charge is 0.345 e. The Labute approximate surface area is 725 Å². The summed E-state index contributed by atoms with van der Waals surface area (Å²) in [6.45, 7) is 0. The summed E-state index contributed by atoms with van der Waals surface area (Å²) in [5.41, 5.74) is 22.9. The lowest BCUT2D eigenvalue weighted by Crippen LogP contribution is -2.10. The molecule has 0 aliphatic rings. The monoisotopic (exact) mass is 1620 g/mol. The number of thiophene rings is 2. The van der Waals surface area contributed by atoms with Crippen LogP contribution in [0.15, 0.2) is 455 Å². The summed E-state index contributed by atoms with van der Waals surface area (Å²) in [4.78, 5) is 11.2. The highest BCUT2D eigenvalue weighted by atomic mass is 32.1. The maximum Gasteiger partial charge on any atom is 0.0778 e. The minimum atomic E-state index is 1.17. The Morgan fingerprint density at radius 3 is 0.984 bits per heavy atom. The molecular formula is C113H90N8S2. The molecule has 0 unspecified atom stereocenters. The highest BCUT2D eigenvalue weighted by Gasteiger charge is 2.21. The van der Waals surface area contributed by atoms with Gasteiger partial charge in [-0.3, -0.25) is 0 Å². The SMILES string of the molecule is CN(c1ccccc1)c1ccc2c(c1)c1ccccc1n2-c1ccccc1.CN(c1ccccc1)c1ccc2c3ccccc3n(-c3ccccc3)c2c1.CN(c1ccccc1)c1ccc2sc3ccccc3c2c1.CN(c1ccccc1)c1cccc2c3ccccc3n(-c3ccccc3)c12.CN(c1ccccc1)c1cccc2sc3ccccc3c12. The lowest BCUT2D eigenvalue weighted by atomic mass is 10.1. The standard InChI is InChI=1S/3C25H20N2.2C19H15NS/c1-26(19-11-4-2-5-12-19)24-18-10-16-22-21-15-8-9-17-23(21)27(25(22)24)20-13-6-3-7-14-20;1-26(19-10-4-2-5-11-19)21-16-17-25-23(18-21)22-14-8-9-15-24(22)27(25)20-12-6-3-7-13-20;1-26(19-10-4-2-5-11-19)21-16-17-23-22-14-8-9-15-24(22)27(25(23)18-21)20-12-6-3-7-13-20;1-20(14-8-3-2-4-9-14)16-11-7-13-18-19(16)15-10-5-6-12-17(15)21-18;1-20(14-7-3-2-4-8-14)15-11-12-19-17(13-15)16-9-5-6-10-18(16)21-19/h3*2-18H,1H3;2*2-13H,1H3. The minimum absolute atomic E-state index is 1.17. The van der Waals surface area contributed by atoms with Crippen molar-refractivity contribution in [3.63, 3.8) is 0 Å². The third-order valence-electron chi connectivity index (χ3n) is 23.4. The number of rotatable bonds is 13. The Morgan fingerprint density at radius 1 is 0.171 bits per heavy atom.